The van der Waals surface area contributed by atoms with Crippen LogP contribution in [0.5, 0.6) is 0 Å². The minimum atomic E-state index is 0.381. The van der Waals surface area contributed by atoms with Crippen LogP contribution >= 0.6 is 0 Å². The Kier molecular flexibility index (Phi) is 10.1. The number of fused-ring (bicyclic) bond motifs is 1. The molecule has 2 atom stereocenters. The molecule has 0 amide bonds. The predicted octanol–water partition coefficient (Wildman–Crippen LogP) is 8.83. The van der Waals surface area contributed by atoms with Gasteiger partial charge in [0, 0.05) is 26.2 Å². The van der Waals surface area contributed by atoms with Crippen LogP contribution in [0.1, 0.15) is 121 Å². The molecule has 5 saturated carbocycles. The van der Waals surface area contributed by atoms with E-state index in [0.29, 0.717) is 17.5 Å². The second kappa shape index (κ2) is 14.8. The number of benzene rings is 2. The third-order valence-electron chi connectivity index (χ3n) is 14.2. The molecule has 7 aliphatic rings. The predicted molar refractivity (Wildman–Crippen MR) is 204 cm³/mol. The zero-order valence-corrected chi connectivity index (χ0v) is 30.3. The average Bonchev–Trinajstić information content (AvgIpc) is 3.60. The van der Waals surface area contributed by atoms with Crippen LogP contribution in [0.2, 0.25) is 0 Å². The average molecular weight is 665 g/mol. The number of hydrogen-bond acceptors (Lipinski definition) is 4. The molecule has 9 rings (SSSR count). The van der Waals surface area contributed by atoms with Gasteiger partial charge in [-0.1, -0.05) is 87.4 Å². The van der Waals surface area contributed by atoms with Gasteiger partial charge in [0.25, 0.3) is 0 Å². The van der Waals surface area contributed by atoms with E-state index in [1.54, 1.807) is 0 Å². The lowest BCUT2D eigenvalue weighted by Gasteiger charge is -2.57. The van der Waals surface area contributed by atoms with Gasteiger partial charge in [-0.25, -0.2) is 0 Å². The molecule has 6 heteroatoms. The Hall–Kier alpha value is -2.76. The summed E-state index contributed by atoms with van der Waals surface area (Å²) in [5.74, 6) is 5.56. The molecule has 5 aliphatic carbocycles. The number of nitrogens with one attached hydrogen (secondary N) is 1. The van der Waals surface area contributed by atoms with Crippen LogP contribution in [-0.2, 0) is 6.42 Å². The first-order chi connectivity index (χ1) is 24.0. The van der Waals surface area contributed by atoms with Gasteiger partial charge in [-0.3, -0.25) is 10.4 Å². The van der Waals surface area contributed by atoms with Crippen molar-refractivity contribution in [1.82, 2.24) is 14.7 Å². The fourth-order valence-corrected chi connectivity index (χ4v) is 12.0. The minimum Gasteiger partial charge on any atom is -0.370 e. The summed E-state index contributed by atoms with van der Waals surface area (Å²) < 4.78 is 0. The van der Waals surface area contributed by atoms with E-state index < -0.39 is 0 Å². The molecule has 1 saturated heterocycles. The van der Waals surface area contributed by atoms with Gasteiger partial charge < -0.3 is 20.4 Å². The third-order valence-corrected chi connectivity index (χ3v) is 14.2. The molecule has 3 N–H and O–H groups in total. The topological polar surface area (TPSA) is 71.9 Å². The fourth-order valence-electron chi connectivity index (χ4n) is 12.0. The van der Waals surface area contributed by atoms with Crippen LogP contribution in [-0.4, -0.2) is 71.4 Å². The quantitative estimate of drug-likeness (QED) is 0.187. The van der Waals surface area contributed by atoms with Crippen LogP contribution in [0.15, 0.2) is 47.5 Å². The van der Waals surface area contributed by atoms with Crippen molar-refractivity contribution in [1.29, 1.82) is 5.41 Å². The molecule has 0 unspecified atom stereocenters. The molecule has 0 aromatic heterocycles. The number of hydrogen-bond donors (Lipinski definition) is 2. The van der Waals surface area contributed by atoms with Crippen LogP contribution < -0.4 is 5.73 Å². The lowest BCUT2D eigenvalue weighted by molar-refractivity contribution is -0.0597. The lowest BCUT2D eigenvalue weighted by Crippen LogP contribution is -2.49. The van der Waals surface area contributed by atoms with Gasteiger partial charge in [0.2, 0.25) is 0 Å². The lowest BCUT2D eigenvalue weighted by atomic mass is 9.49. The summed E-state index contributed by atoms with van der Waals surface area (Å²) in [5, 5.41) is 12.0. The summed E-state index contributed by atoms with van der Waals surface area (Å²) in [6.07, 6.45) is 25.9. The molecule has 2 aromatic carbocycles. The highest BCUT2D eigenvalue weighted by atomic mass is 15.4. The van der Waals surface area contributed by atoms with E-state index in [-0.39, 0.29) is 0 Å². The Morgan fingerprint density at radius 2 is 1.47 bits per heavy atom. The van der Waals surface area contributed by atoms with E-state index in [2.05, 4.69) is 57.2 Å². The summed E-state index contributed by atoms with van der Waals surface area (Å²) in [4.78, 5) is 12.1. The Labute approximate surface area is 296 Å². The van der Waals surface area contributed by atoms with Crippen molar-refractivity contribution in [2.75, 3.05) is 32.7 Å². The number of unbranched alkanes of at least 4 members (excludes halogenated alkanes) is 2. The Morgan fingerprint density at radius 3 is 2.24 bits per heavy atom. The van der Waals surface area contributed by atoms with Crippen molar-refractivity contribution in [2.24, 2.45) is 39.8 Å². The van der Waals surface area contributed by atoms with Crippen LogP contribution in [0.4, 0.5) is 0 Å². The van der Waals surface area contributed by atoms with Crippen LogP contribution in [0.25, 0.3) is 10.8 Å². The maximum atomic E-state index is 9.32. The fraction of sp³-hybridized carbons (Fsp3) is 0.721. The van der Waals surface area contributed by atoms with Gasteiger partial charge in [-0.2, -0.15) is 0 Å². The Morgan fingerprint density at radius 1 is 0.755 bits per heavy atom. The first-order valence-electron chi connectivity index (χ1n) is 20.6. The zero-order valence-electron chi connectivity index (χ0n) is 30.3. The van der Waals surface area contributed by atoms with Gasteiger partial charge in [0.05, 0.1) is 18.6 Å². The molecular formula is C43H64N6. The summed E-state index contributed by atoms with van der Waals surface area (Å²) >= 11 is 0. The Balaban J connectivity index is 0.836. The minimum absolute atomic E-state index is 0.381. The largest absolute Gasteiger partial charge is 0.370 e. The van der Waals surface area contributed by atoms with Gasteiger partial charge in [0.1, 0.15) is 0 Å². The van der Waals surface area contributed by atoms with Gasteiger partial charge in [0.15, 0.2) is 11.9 Å². The first-order valence-corrected chi connectivity index (χ1v) is 20.6. The molecule has 6 fully saturated rings. The number of nitrogens with two attached hydrogens (primary N) is 1. The SMILES string of the molecule is N=C1N(CCCC[C@H]2CN=C(N)N2CCC23CC4CC(CC(C4)C2)C3)C[C@@H](Cc2ccc3ccccc3c2)N1CCCCC1CCCCC1. The van der Waals surface area contributed by atoms with E-state index in [1.165, 1.54) is 119 Å². The molecule has 0 spiro atoms. The second-order valence-corrected chi connectivity index (χ2v) is 17.7. The molecule has 266 valence electrons. The number of nitrogens with zero attached hydrogens (tertiary/aromatic N) is 4. The molecule has 0 radical (unpaired) electrons. The number of aliphatic imine (C=N–C) groups is 1. The third kappa shape index (κ3) is 7.64. The van der Waals surface area contributed by atoms with Crippen molar-refractivity contribution in [2.45, 2.75) is 134 Å². The zero-order chi connectivity index (χ0) is 33.2. The van der Waals surface area contributed by atoms with Crippen molar-refractivity contribution < 1.29 is 0 Å². The van der Waals surface area contributed by atoms with Crippen LogP contribution in [0, 0.1) is 34.5 Å². The smallest absolute Gasteiger partial charge is 0.194 e. The van der Waals surface area contributed by atoms with E-state index >= 15 is 0 Å². The van der Waals surface area contributed by atoms with Gasteiger partial charge in [-0.15, -0.1) is 0 Å². The standard InChI is InChI=1S/C43H64N6/c44-41-46-30-39(48(41)21-18-43-27-34-22-35(28-43)24-36(23-34)29-43)15-7-8-19-47-31-40(26-33-16-17-37-13-4-5-14-38(37)25-33)49(42(47)45)20-9-6-12-32-10-2-1-3-11-32/h4-5,13-14,16-17,25,32,34-36,39-40,45H,1-3,6-12,15,18-24,26-31H2,(H2,44,46)/t34?,35?,36?,39-,40+,43?/m0/s1. The molecule has 2 aromatic rings. The molecule has 2 aliphatic heterocycles. The van der Waals surface area contributed by atoms with Crippen molar-refractivity contribution in [3.8, 4) is 0 Å². The van der Waals surface area contributed by atoms with Crippen LogP contribution in [0.3, 0.4) is 0 Å². The summed E-state index contributed by atoms with van der Waals surface area (Å²) in [6.45, 7) is 4.97. The highest BCUT2D eigenvalue weighted by Crippen LogP contribution is 2.61. The number of rotatable bonds is 15. The second-order valence-electron chi connectivity index (χ2n) is 17.7. The van der Waals surface area contributed by atoms with E-state index in [0.717, 1.165) is 87.6 Å². The molecule has 6 nitrogen and oxygen atoms in total. The van der Waals surface area contributed by atoms with Gasteiger partial charge >= 0.3 is 0 Å². The Bertz CT molecular complexity index is 1420. The molecule has 2 heterocycles. The summed E-state index contributed by atoms with van der Waals surface area (Å²) in [5.41, 5.74) is 8.52. The monoisotopic (exact) mass is 665 g/mol. The van der Waals surface area contributed by atoms with Crippen molar-refractivity contribution >= 4 is 22.7 Å². The maximum Gasteiger partial charge on any atom is 0.194 e. The van der Waals surface area contributed by atoms with Gasteiger partial charge in [-0.05, 0) is 122 Å². The van der Waals surface area contributed by atoms with E-state index in [9.17, 15) is 5.41 Å². The summed E-state index contributed by atoms with van der Waals surface area (Å²) in [7, 11) is 0. The normalized spacial score (nSPS) is 31.4. The molecule has 49 heavy (non-hydrogen) atoms. The highest BCUT2D eigenvalue weighted by molar-refractivity contribution is 5.83. The maximum absolute atomic E-state index is 9.32. The van der Waals surface area contributed by atoms with Crippen molar-refractivity contribution in [3.05, 3.63) is 48.0 Å². The molecule has 4 bridgehead atoms. The van der Waals surface area contributed by atoms with E-state index in [1.807, 2.05) is 0 Å². The first kappa shape index (κ1) is 33.4. The number of guanidine groups is 2. The summed E-state index contributed by atoms with van der Waals surface area (Å²) in [6, 6.07) is 16.5. The molecular weight excluding hydrogens is 601 g/mol. The highest BCUT2D eigenvalue weighted by Gasteiger charge is 2.50. The van der Waals surface area contributed by atoms with Crippen molar-refractivity contribution in [3.63, 3.8) is 0 Å². The van der Waals surface area contributed by atoms with E-state index in [4.69, 9.17) is 10.7 Å².